The van der Waals surface area contributed by atoms with Crippen LogP contribution in [-0.4, -0.2) is 45.1 Å². The van der Waals surface area contributed by atoms with Gasteiger partial charge in [0.2, 0.25) is 11.0 Å². The van der Waals surface area contributed by atoms with Crippen molar-refractivity contribution in [1.82, 2.24) is 15.1 Å². The van der Waals surface area contributed by atoms with Gasteiger partial charge in [-0.3, -0.25) is 24.1 Å². The van der Waals surface area contributed by atoms with Crippen molar-refractivity contribution in [1.29, 1.82) is 0 Å². The van der Waals surface area contributed by atoms with Gasteiger partial charge >= 0.3 is 0 Å². The van der Waals surface area contributed by atoms with Gasteiger partial charge in [0.05, 0.1) is 11.1 Å². The standard InChI is InChI=1S/C24H22N4O4S/c1-14-7-8-16(13-15(14)2)19(29)9-10-20(30)25-24-27-26-21(33-24)11-12-28-22(31)17-5-3-4-6-18(17)23(28)32/h3-8,13H,9-12H2,1-2H3,(H,25,27,30). The number of hydrogen-bond acceptors (Lipinski definition) is 7. The molecule has 33 heavy (non-hydrogen) atoms. The molecule has 0 unspecified atom stereocenters. The van der Waals surface area contributed by atoms with Crippen LogP contribution in [0.2, 0.25) is 0 Å². The molecule has 0 atom stereocenters. The van der Waals surface area contributed by atoms with E-state index in [-0.39, 0.29) is 42.9 Å². The van der Waals surface area contributed by atoms with Crippen LogP contribution in [0.25, 0.3) is 0 Å². The number of ketones is 1. The number of nitrogens with one attached hydrogen (secondary N) is 1. The summed E-state index contributed by atoms with van der Waals surface area (Å²) in [5.41, 5.74) is 3.55. The number of nitrogens with zero attached hydrogens (tertiary/aromatic N) is 3. The maximum atomic E-state index is 12.4. The van der Waals surface area contributed by atoms with E-state index in [0.717, 1.165) is 11.1 Å². The molecule has 0 radical (unpaired) electrons. The highest BCUT2D eigenvalue weighted by Gasteiger charge is 2.34. The SMILES string of the molecule is Cc1ccc(C(=O)CCC(=O)Nc2nnc(CCN3C(=O)c4ccccc4C3=O)s2)cc1C. The zero-order valence-electron chi connectivity index (χ0n) is 18.3. The van der Waals surface area contributed by atoms with Crippen LogP contribution >= 0.6 is 11.3 Å². The molecule has 1 aromatic heterocycles. The Morgan fingerprint density at radius 3 is 2.30 bits per heavy atom. The molecule has 0 bridgehead atoms. The van der Waals surface area contributed by atoms with Gasteiger partial charge in [-0.25, -0.2) is 0 Å². The van der Waals surface area contributed by atoms with Crippen molar-refractivity contribution in [3.05, 3.63) is 75.3 Å². The minimum absolute atomic E-state index is 0.0374. The first kappa shape index (κ1) is 22.5. The van der Waals surface area contributed by atoms with Gasteiger partial charge in [-0.15, -0.1) is 10.2 Å². The molecule has 1 aliphatic heterocycles. The third-order valence-electron chi connectivity index (χ3n) is 5.55. The molecular formula is C24H22N4O4S. The summed E-state index contributed by atoms with van der Waals surface area (Å²) in [6, 6.07) is 12.2. The van der Waals surface area contributed by atoms with Crippen molar-refractivity contribution in [2.75, 3.05) is 11.9 Å². The monoisotopic (exact) mass is 462 g/mol. The predicted octanol–water partition coefficient (Wildman–Crippen LogP) is 3.60. The number of hydrogen-bond donors (Lipinski definition) is 1. The Morgan fingerprint density at radius 2 is 1.64 bits per heavy atom. The van der Waals surface area contributed by atoms with E-state index >= 15 is 0 Å². The van der Waals surface area contributed by atoms with E-state index in [2.05, 4.69) is 15.5 Å². The quantitative estimate of drug-likeness (QED) is 0.405. The number of amides is 3. The Labute approximate surface area is 194 Å². The summed E-state index contributed by atoms with van der Waals surface area (Å²) in [5, 5.41) is 11.5. The van der Waals surface area contributed by atoms with E-state index in [1.807, 2.05) is 26.0 Å². The van der Waals surface area contributed by atoms with Crippen LogP contribution < -0.4 is 5.32 Å². The molecule has 0 saturated heterocycles. The summed E-state index contributed by atoms with van der Waals surface area (Å²) < 4.78 is 0. The molecule has 1 aliphatic rings. The third-order valence-corrected chi connectivity index (χ3v) is 6.45. The molecule has 9 heteroatoms. The fourth-order valence-corrected chi connectivity index (χ4v) is 4.27. The second-order valence-corrected chi connectivity index (χ2v) is 8.89. The molecule has 0 fully saturated rings. The van der Waals surface area contributed by atoms with E-state index in [0.29, 0.717) is 33.3 Å². The van der Waals surface area contributed by atoms with Gasteiger partial charge < -0.3 is 5.32 Å². The second-order valence-electron chi connectivity index (χ2n) is 7.83. The maximum Gasteiger partial charge on any atom is 0.261 e. The van der Waals surface area contributed by atoms with Crippen LogP contribution in [0.5, 0.6) is 0 Å². The minimum Gasteiger partial charge on any atom is -0.301 e. The Kier molecular flexibility index (Phi) is 6.41. The van der Waals surface area contributed by atoms with Gasteiger partial charge in [0.25, 0.3) is 11.8 Å². The van der Waals surface area contributed by atoms with E-state index in [1.165, 1.54) is 16.2 Å². The van der Waals surface area contributed by atoms with Gasteiger partial charge in [0.1, 0.15) is 5.01 Å². The fraction of sp³-hybridized carbons (Fsp3) is 0.250. The molecule has 168 valence electrons. The predicted molar refractivity (Wildman–Crippen MR) is 124 cm³/mol. The number of imide groups is 1. The van der Waals surface area contributed by atoms with Crippen LogP contribution in [0, 0.1) is 13.8 Å². The number of fused-ring (bicyclic) bond motifs is 1. The van der Waals surface area contributed by atoms with Crippen LogP contribution in [0.3, 0.4) is 0 Å². The smallest absolute Gasteiger partial charge is 0.261 e. The van der Waals surface area contributed by atoms with Gasteiger partial charge in [0.15, 0.2) is 5.78 Å². The minimum atomic E-state index is -0.324. The van der Waals surface area contributed by atoms with Crippen molar-refractivity contribution >= 4 is 40.0 Å². The van der Waals surface area contributed by atoms with E-state index in [9.17, 15) is 19.2 Å². The second kappa shape index (κ2) is 9.41. The van der Waals surface area contributed by atoms with Crippen LogP contribution in [-0.2, 0) is 11.2 Å². The van der Waals surface area contributed by atoms with Gasteiger partial charge in [-0.2, -0.15) is 0 Å². The summed E-state index contributed by atoms with van der Waals surface area (Å²) in [7, 11) is 0. The average Bonchev–Trinajstić information content (AvgIpc) is 3.35. The Balaban J connectivity index is 1.27. The molecule has 2 aromatic carbocycles. The molecule has 3 amide bonds. The lowest BCUT2D eigenvalue weighted by atomic mass is 10.0. The molecule has 0 saturated carbocycles. The Morgan fingerprint density at radius 1 is 0.939 bits per heavy atom. The lowest BCUT2D eigenvalue weighted by Gasteiger charge is -2.12. The number of Topliss-reactive ketones (excluding diaryl/α,β-unsaturated/α-hetero) is 1. The summed E-state index contributed by atoms with van der Waals surface area (Å²) in [4.78, 5) is 50.6. The molecule has 0 aliphatic carbocycles. The number of rotatable bonds is 8. The maximum absolute atomic E-state index is 12.4. The zero-order valence-corrected chi connectivity index (χ0v) is 19.1. The first-order valence-corrected chi connectivity index (χ1v) is 11.3. The Bertz CT molecular complexity index is 1230. The molecule has 3 aromatic rings. The highest BCUT2D eigenvalue weighted by molar-refractivity contribution is 7.15. The van der Waals surface area contributed by atoms with Crippen LogP contribution in [0.15, 0.2) is 42.5 Å². The van der Waals surface area contributed by atoms with Crippen molar-refractivity contribution in [2.45, 2.75) is 33.1 Å². The molecule has 4 rings (SSSR count). The number of carbonyl (C=O) groups is 4. The van der Waals surface area contributed by atoms with Gasteiger partial charge in [-0.05, 0) is 43.2 Å². The van der Waals surface area contributed by atoms with E-state index < -0.39 is 0 Å². The fourth-order valence-electron chi connectivity index (χ4n) is 3.52. The molecule has 8 nitrogen and oxygen atoms in total. The molecule has 2 heterocycles. The number of aromatic nitrogens is 2. The normalized spacial score (nSPS) is 12.7. The molecular weight excluding hydrogens is 440 g/mol. The summed E-state index contributed by atoms with van der Waals surface area (Å²) in [6.45, 7) is 4.10. The van der Waals surface area contributed by atoms with Gasteiger partial charge in [-0.1, -0.05) is 35.6 Å². The Hall–Kier alpha value is -3.72. The number of carbonyl (C=O) groups excluding carboxylic acids is 4. The van der Waals surface area contributed by atoms with Crippen molar-refractivity contribution < 1.29 is 19.2 Å². The lowest BCUT2D eigenvalue weighted by molar-refractivity contribution is -0.116. The largest absolute Gasteiger partial charge is 0.301 e. The third kappa shape index (κ3) is 4.88. The molecule has 0 spiro atoms. The van der Waals surface area contributed by atoms with E-state index in [1.54, 1.807) is 30.3 Å². The number of anilines is 1. The zero-order chi connectivity index (χ0) is 23.5. The summed E-state index contributed by atoms with van der Waals surface area (Å²) in [5.74, 6) is -1.05. The van der Waals surface area contributed by atoms with Crippen LogP contribution in [0.1, 0.15) is 60.1 Å². The first-order valence-electron chi connectivity index (χ1n) is 10.5. The van der Waals surface area contributed by atoms with E-state index in [4.69, 9.17) is 0 Å². The highest BCUT2D eigenvalue weighted by atomic mass is 32.1. The first-order chi connectivity index (χ1) is 15.8. The van der Waals surface area contributed by atoms with Crippen molar-refractivity contribution in [3.63, 3.8) is 0 Å². The van der Waals surface area contributed by atoms with Crippen molar-refractivity contribution in [2.24, 2.45) is 0 Å². The van der Waals surface area contributed by atoms with Gasteiger partial charge in [0, 0.05) is 31.4 Å². The summed E-state index contributed by atoms with van der Waals surface area (Å²) >= 11 is 1.18. The number of aryl methyl sites for hydroxylation is 2. The highest BCUT2D eigenvalue weighted by Crippen LogP contribution is 2.23. The number of benzene rings is 2. The molecule has 1 N–H and O–H groups in total. The topological polar surface area (TPSA) is 109 Å². The average molecular weight is 463 g/mol. The summed E-state index contributed by atoms with van der Waals surface area (Å²) in [6.07, 6.45) is 0.472. The lowest BCUT2D eigenvalue weighted by Crippen LogP contribution is -2.31. The van der Waals surface area contributed by atoms with Crippen LogP contribution in [0.4, 0.5) is 5.13 Å². The van der Waals surface area contributed by atoms with Crippen molar-refractivity contribution in [3.8, 4) is 0 Å².